The van der Waals surface area contributed by atoms with Crippen molar-refractivity contribution >= 4 is 0 Å². The zero-order valence-corrected chi connectivity index (χ0v) is 9.63. The van der Waals surface area contributed by atoms with E-state index in [1.165, 1.54) is 25.7 Å². The molecule has 1 fully saturated rings. The average molecular weight is 199 g/mol. The van der Waals surface area contributed by atoms with E-state index in [1.807, 2.05) is 0 Å². The number of hydrogen-bond donors (Lipinski definition) is 2. The first-order valence-corrected chi connectivity index (χ1v) is 6.12. The maximum Gasteiger partial charge on any atom is 0.0456 e. The van der Waals surface area contributed by atoms with Gasteiger partial charge in [-0.1, -0.05) is 13.8 Å². The van der Waals surface area contributed by atoms with Crippen LogP contribution in [0.15, 0.2) is 0 Å². The Morgan fingerprint density at radius 1 is 1.43 bits per heavy atom. The molecule has 0 saturated heterocycles. The van der Waals surface area contributed by atoms with E-state index < -0.39 is 0 Å². The molecule has 0 heterocycles. The topological polar surface area (TPSA) is 32.3 Å². The lowest BCUT2D eigenvalue weighted by Gasteiger charge is -2.16. The summed E-state index contributed by atoms with van der Waals surface area (Å²) in [5.41, 5.74) is 0. The Morgan fingerprint density at radius 3 is 2.64 bits per heavy atom. The summed E-state index contributed by atoms with van der Waals surface area (Å²) in [5.74, 6) is 1.44. The molecule has 0 aromatic rings. The van der Waals surface area contributed by atoms with Gasteiger partial charge in [-0.3, -0.25) is 0 Å². The van der Waals surface area contributed by atoms with Crippen LogP contribution in [0.3, 0.4) is 0 Å². The summed E-state index contributed by atoms with van der Waals surface area (Å²) in [4.78, 5) is 0. The summed E-state index contributed by atoms with van der Waals surface area (Å²) in [5, 5.41) is 12.5. The van der Waals surface area contributed by atoms with Crippen LogP contribution in [0.1, 0.15) is 46.0 Å². The lowest BCUT2D eigenvalue weighted by molar-refractivity contribution is 0.227. The first-order valence-electron chi connectivity index (χ1n) is 6.12. The summed E-state index contributed by atoms with van der Waals surface area (Å²) in [6, 6.07) is 0.763. The van der Waals surface area contributed by atoms with Crippen LogP contribution >= 0.6 is 0 Å². The Labute approximate surface area is 88.1 Å². The van der Waals surface area contributed by atoms with E-state index in [0.29, 0.717) is 12.5 Å². The molecule has 0 aliphatic heterocycles. The van der Waals surface area contributed by atoms with E-state index in [2.05, 4.69) is 19.2 Å². The fraction of sp³-hybridized carbons (Fsp3) is 1.00. The highest BCUT2D eigenvalue weighted by molar-refractivity contribution is 4.85. The second kappa shape index (κ2) is 6.41. The average Bonchev–Trinajstić information content (AvgIpc) is 3.01. The molecule has 1 aliphatic carbocycles. The minimum absolute atomic E-state index is 0.333. The quantitative estimate of drug-likeness (QED) is 0.587. The van der Waals surface area contributed by atoms with Crippen LogP contribution in [0.5, 0.6) is 0 Å². The molecule has 2 atom stereocenters. The van der Waals surface area contributed by atoms with Crippen molar-refractivity contribution in [3.8, 4) is 0 Å². The highest BCUT2D eigenvalue weighted by Crippen LogP contribution is 2.33. The molecule has 0 amide bonds. The molecule has 0 radical (unpaired) electrons. The summed E-state index contributed by atoms with van der Waals surface area (Å²) in [7, 11) is 0. The van der Waals surface area contributed by atoms with E-state index in [-0.39, 0.29) is 0 Å². The molecule has 2 heteroatoms. The molecule has 0 spiro atoms. The minimum Gasteiger partial charge on any atom is -0.396 e. The predicted octanol–water partition coefficient (Wildman–Crippen LogP) is 2.17. The van der Waals surface area contributed by atoms with E-state index in [0.717, 1.165) is 24.9 Å². The van der Waals surface area contributed by atoms with E-state index >= 15 is 0 Å². The van der Waals surface area contributed by atoms with Gasteiger partial charge < -0.3 is 10.4 Å². The van der Waals surface area contributed by atoms with Gasteiger partial charge in [0.1, 0.15) is 0 Å². The van der Waals surface area contributed by atoms with Crippen LogP contribution in [-0.4, -0.2) is 24.3 Å². The Balaban J connectivity index is 1.96. The number of aliphatic hydroxyl groups excluding tert-OH is 1. The highest BCUT2D eigenvalue weighted by Gasteiger charge is 2.29. The fourth-order valence-corrected chi connectivity index (χ4v) is 1.97. The van der Waals surface area contributed by atoms with Crippen LogP contribution in [0.25, 0.3) is 0 Å². The van der Waals surface area contributed by atoms with Gasteiger partial charge in [0.25, 0.3) is 0 Å². The molecular formula is C12H25NO. The molecule has 0 bridgehead atoms. The van der Waals surface area contributed by atoms with Crippen molar-refractivity contribution in [2.24, 2.45) is 11.8 Å². The Morgan fingerprint density at radius 2 is 2.14 bits per heavy atom. The smallest absolute Gasteiger partial charge is 0.0456 e. The third-order valence-corrected chi connectivity index (χ3v) is 3.22. The van der Waals surface area contributed by atoms with Crippen LogP contribution < -0.4 is 5.32 Å². The van der Waals surface area contributed by atoms with Crippen molar-refractivity contribution in [1.82, 2.24) is 5.32 Å². The van der Waals surface area contributed by atoms with Gasteiger partial charge in [0.2, 0.25) is 0 Å². The lowest BCUT2D eigenvalue weighted by atomic mass is 10.1. The summed E-state index contributed by atoms with van der Waals surface area (Å²) >= 11 is 0. The van der Waals surface area contributed by atoms with Gasteiger partial charge in [-0.05, 0) is 50.5 Å². The van der Waals surface area contributed by atoms with Crippen molar-refractivity contribution < 1.29 is 5.11 Å². The molecule has 2 nitrogen and oxygen atoms in total. The first-order chi connectivity index (χ1) is 6.77. The number of nitrogens with one attached hydrogen (secondary N) is 1. The summed E-state index contributed by atoms with van der Waals surface area (Å²) in [6.45, 7) is 5.84. The van der Waals surface area contributed by atoms with Crippen LogP contribution in [0.4, 0.5) is 0 Å². The molecule has 2 unspecified atom stereocenters. The van der Waals surface area contributed by atoms with Crippen molar-refractivity contribution in [3.63, 3.8) is 0 Å². The number of hydrogen-bond acceptors (Lipinski definition) is 2. The van der Waals surface area contributed by atoms with Gasteiger partial charge >= 0.3 is 0 Å². The number of aliphatic hydroxyl groups is 1. The SMILES string of the molecule is CCC(NCCCC(C)CO)C1CC1. The monoisotopic (exact) mass is 199 g/mol. The summed E-state index contributed by atoms with van der Waals surface area (Å²) in [6.07, 6.45) is 6.47. The molecule has 14 heavy (non-hydrogen) atoms. The van der Waals surface area contributed by atoms with Gasteiger partial charge in [0.15, 0.2) is 0 Å². The van der Waals surface area contributed by atoms with Crippen LogP contribution in [-0.2, 0) is 0 Å². The third-order valence-electron chi connectivity index (χ3n) is 3.22. The predicted molar refractivity (Wildman–Crippen MR) is 60.3 cm³/mol. The largest absolute Gasteiger partial charge is 0.396 e. The maximum atomic E-state index is 8.87. The fourth-order valence-electron chi connectivity index (χ4n) is 1.97. The second-order valence-corrected chi connectivity index (χ2v) is 4.74. The first kappa shape index (κ1) is 12.0. The van der Waals surface area contributed by atoms with Gasteiger partial charge in [0, 0.05) is 12.6 Å². The minimum atomic E-state index is 0.333. The van der Waals surface area contributed by atoms with Gasteiger partial charge in [0.05, 0.1) is 0 Å². The van der Waals surface area contributed by atoms with E-state index in [4.69, 9.17) is 5.11 Å². The van der Waals surface area contributed by atoms with Crippen LogP contribution in [0.2, 0.25) is 0 Å². The molecule has 84 valence electrons. The van der Waals surface area contributed by atoms with Gasteiger partial charge in [-0.2, -0.15) is 0 Å². The standard InChI is InChI=1S/C12H25NO/c1-3-12(11-6-7-11)13-8-4-5-10(2)9-14/h10-14H,3-9H2,1-2H3. The van der Waals surface area contributed by atoms with Crippen molar-refractivity contribution in [3.05, 3.63) is 0 Å². The molecule has 0 aromatic carbocycles. The molecule has 1 saturated carbocycles. The Bertz CT molecular complexity index is 145. The summed E-state index contributed by atoms with van der Waals surface area (Å²) < 4.78 is 0. The van der Waals surface area contributed by atoms with Crippen molar-refractivity contribution in [1.29, 1.82) is 0 Å². The second-order valence-electron chi connectivity index (χ2n) is 4.74. The molecule has 0 aromatic heterocycles. The maximum absolute atomic E-state index is 8.87. The highest BCUT2D eigenvalue weighted by atomic mass is 16.3. The molecule has 1 aliphatic rings. The van der Waals surface area contributed by atoms with Gasteiger partial charge in [-0.25, -0.2) is 0 Å². The van der Waals surface area contributed by atoms with E-state index in [9.17, 15) is 0 Å². The van der Waals surface area contributed by atoms with Crippen molar-refractivity contribution in [2.75, 3.05) is 13.2 Å². The normalized spacial score (nSPS) is 20.8. The number of rotatable bonds is 8. The van der Waals surface area contributed by atoms with Gasteiger partial charge in [-0.15, -0.1) is 0 Å². The molecular weight excluding hydrogens is 174 g/mol. The van der Waals surface area contributed by atoms with E-state index in [1.54, 1.807) is 0 Å². The zero-order chi connectivity index (χ0) is 10.4. The molecule has 1 rings (SSSR count). The Hall–Kier alpha value is -0.0800. The van der Waals surface area contributed by atoms with Crippen molar-refractivity contribution in [2.45, 2.75) is 52.0 Å². The Kier molecular flexibility index (Phi) is 5.49. The zero-order valence-electron chi connectivity index (χ0n) is 9.63. The van der Waals surface area contributed by atoms with Crippen LogP contribution in [0, 0.1) is 11.8 Å². The lowest BCUT2D eigenvalue weighted by Crippen LogP contribution is -2.31. The third kappa shape index (κ3) is 4.43. The molecule has 2 N–H and O–H groups in total.